The summed E-state index contributed by atoms with van der Waals surface area (Å²) in [6.45, 7) is 5.92. The molecule has 1 aliphatic heterocycles. The van der Waals surface area contributed by atoms with Gasteiger partial charge in [0, 0.05) is 38.8 Å². The van der Waals surface area contributed by atoms with E-state index in [0.717, 1.165) is 11.3 Å². The Hall–Kier alpha value is -2.04. The number of nitrogens with one attached hydrogen (secondary N) is 1. The van der Waals surface area contributed by atoms with E-state index in [4.69, 9.17) is 0 Å². The lowest BCUT2D eigenvalue weighted by molar-refractivity contribution is -0.130. The van der Waals surface area contributed by atoms with Gasteiger partial charge < -0.3 is 15.1 Å². The predicted molar refractivity (Wildman–Crippen MR) is 74.0 cm³/mol. The van der Waals surface area contributed by atoms with Crippen LogP contribution in [0.2, 0.25) is 0 Å². The van der Waals surface area contributed by atoms with E-state index in [2.05, 4.69) is 5.32 Å². The maximum absolute atomic E-state index is 12.1. The standard InChI is InChI=1S/C14H19N3O2/c1-11-4-3-5-13(10-11)15-14(19)17-8-6-16(7-9-17)12(2)18/h3-5,10H,6-9H2,1-2H3,(H,15,19). The van der Waals surface area contributed by atoms with Crippen molar-refractivity contribution < 1.29 is 9.59 Å². The molecule has 1 aromatic carbocycles. The average molecular weight is 261 g/mol. The Morgan fingerprint density at radius 2 is 1.74 bits per heavy atom. The molecule has 0 unspecified atom stereocenters. The number of piperazine rings is 1. The maximum atomic E-state index is 12.1. The first-order valence-corrected chi connectivity index (χ1v) is 6.44. The molecule has 1 saturated heterocycles. The minimum absolute atomic E-state index is 0.0683. The van der Waals surface area contributed by atoms with Gasteiger partial charge in [0.1, 0.15) is 0 Å². The third-order valence-corrected chi connectivity index (χ3v) is 3.28. The van der Waals surface area contributed by atoms with Crippen molar-refractivity contribution in [3.63, 3.8) is 0 Å². The number of carbonyl (C=O) groups excluding carboxylic acids is 2. The zero-order chi connectivity index (χ0) is 13.8. The van der Waals surface area contributed by atoms with Gasteiger partial charge in [-0.05, 0) is 24.6 Å². The number of urea groups is 1. The van der Waals surface area contributed by atoms with Crippen molar-refractivity contribution in [3.05, 3.63) is 29.8 Å². The van der Waals surface area contributed by atoms with E-state index < -0.39 is 0 Å². The van der Waals surface area contributed by atoms with E-state index in [0.29, 0.717) is 26.2 Å². The second-order valence-electron chi connectivity index (χ2n) is 4.79. The quantitative estimate of drug-likeness (QED) is 0.836. The number of rotatable bonds is 1. The van der Waals surface area contributed by atoms with Gasteiger partial charge in [-0.15, -0.1) is 0 Å². The van der Waals surface area contributed by atoms with Crippen LogP contribution in [0.5, 0.6) is 0 Å². The summed E-state index contributed by atoms with van der Waals surface area (Å²) < 4.78 is 0. The smallest absolute Gasteiger partial charge is 0.321 e. The minimum Gasteiger partial charge on any atom is -0.339 e. The van der Waals surface area contributed by atoms with Crippen LogP contribution >= 0.6 is 0 Å². The average Bonchev–Trinajstić information content (AvgIpc) is 2.39. The molecule has 0 saturated carbocycles. The first-order chi connectivity index (χ1) is 9.06. The number of anilines is 1. The van der Waals surface area contributed by atoms with Crippen molar-refractivity contribution in [2.45, 2.75) is 13.8 Å². The number of carbonyl (C=O) groups is 2. The fraction of sp³-hybridized carbons (Fsp3) is 0.429. The molecule has 1 N–H and O–H groups in total. The van der Waals surface area contributed by atoms with Crippen molar-refractivity contribution in [1.82, 2.24) is 9.80 Å². The first kappa shape index (κ1) is 13.4. The summed E-state index contributed by atoms with van der Waals surface area (Å²) in [5, 5.41) is 2.88. The van der Waals surface area contributed by atoms with E-state index in [1.165, 1.54) is 0 Å². The van der Waals surface area contributed by atoms with Gasteiger partial charge in [0.25, 0.3) is 0 Å². The predicted octanol–water partition coefficient (Wildman–Crippen LogP) is 1.69. The second kappa shape index (κ2) is 5.73. The number of hydrogen-bond donors (Lipinski definition) is 1. The number of nitrogens with zero attached hydrogens (tertiary/aromatic N) is 2. The molecule has 0 atom stereocenters. The number of aryl methyl sites for hydroxylation is 1. The molecule has 5 nitrogen and oxygen atoms in total. The Morgan fingerprint density at radius 3 is 2.32 bits per heavy atom. The highest BCUT2D eigenvalue weighted by Gasteiger charge is 2.22. The summed E-state index contributed by atoms with van der Waals surface area (Å²) in [4.78, 5) is 26.8. The van der Waals surface area contributed by atoms with Crippen molar-refractivity contribution >= 4 is 17.6 Å². The third kappa shape index (κ3) is 3.47. The van der Waals surface area contributed by atoms with E-state index in [-0.39, 0.29) is 11.9 Å². The van der Waals surface area contributed by atoms with Crippen LogP contribution in [0.15, 0.2) is 24.3 Å². The van der Waals surface area contributed by atoms with Crippen LogP contribution in [0.3, 0.4) is 0 Å². The van der Waals surface area contributed by atoms with Gasteiger partial charge in [-0.3, -0.25) is 4.79 Å². The van der Waals surface area contributed by atoms with Gasteiger partial charge in [-0.25, -0.2) is 4.79 Å². The monoisotopic (exact) mass is 261 g/mol. The molecule has 102 valence electrons. The second-order valence-corrected chi connectivity index (χ2v) is 4.79. The first-order valence-electron chi connectivity index (χ1n) is 6.44. The Morgan fingerprint density at radius 1 is 1.11 bits per heavy atom. The number of hydrogen-bond acceptors (Lipinski definition) is 2. The van der Waals surface area contributed by atoms with Crippen LogP contribution in [0.25, 0.3) is 0 Å². The molecule has 0 aliphatic carbocycles. The highest BCUT2D eigenvalue weighted by atomic mass is 16.2. The highest BCUT2D eigenvalue weighted by Crippen LogP contribution is 2.11. The van der Waals surface area contributed by atoms with Crippen molar-refractivity contribution in [3.8, 4) is 0 Å². The van der Waals surface area contributed by atoms with E-state index in [1.54, 1.807) is 16.7 Å². The van der Waals surface area contributed by atoms with Crippen LogP contribution in [0.1, 0.15) is 12.5 Å². The Bertz CT molecular complexity index is 479. The van der Waals surface area contributed by atoms with Crippen molar-refractivity contribution in [2.75, 3.05) is 31.5 Å². The largest absolute Gasteiger partial charge is 0.339 e. The number of amides is 3. The molecule has 0 bridgehead atoms. The Balaban J connectivity index is 1.90. The molecule has 5 heteroatoms. The molecule has 3 amide bonds. The van der Waals surface area contributed by atoms with Gasteiger partial charge in [-0.1, -0.05) is 12.1 Å². The molecule has 0 aromatic heterocycles. The number of benzene rings is 1. The van der Waals surface area contributed by atoms with Crippen LogP contribution in [0.4, 0.5) is 10.5 Å². The van der Waals surface area contributed by atoms with Crippen molar-refractivity contribution in [1.29, 1.82) is 0 Å². The Labute approximate surface area is 113 Å². The maximum Gasteiger partial charge on any atom is 0.321 e. The molecule has 1 aromatic rings. The lowest BCUT2D eigenvalue weighted by Crippen LogP contribution is -2.51. The van der Waals surface area contributed by atoms with Gasteiger partial charge in [0.2, 0.25) is 5.91 Å². The molecule has 2 rings (SSSR count). The van der Waals surface area contributed by atoms with Crippen molar-refractivity contribution in [2.24, 2.45) is 0 Å². The van der Waals surface area contributed by atoms with E-state index in [1.807, 2.05) is 31.2 Å². The summed E-state index contributed by atoms with van der Waals surface area (Å²) >= 11 is 0. The fourth-order valence-corrected chi connectivity index (χ4v) is 2.15. The topological polar surface area (TPSA) is 52.7 Å². The zero-order valence-corrected chi connectivity index (χ0v) is 11.3. The molecule has 1 aliphatic rings. The van der Waals surface area contributed by atoms with E-state index in [9.17, 15) is 9.59 Å². The zero-order valence-electron chi connectivity index (χ0n) is 11.3. The van der Waals surface area contributed by atoms with Crippen LogP contribution in [-0.2, 0) is 4.79 Å². The fourth-order valence-electron chi connectivity index (χ4n) is 2.15. The SMILES string of the molecule is CC(=O)N1CCN(C(=O)Nc2cccc(C)c2)CC1. The molecule has 19 heavy (non-hydrogen) atoms. The highest BCUT2D eigenvalue weighted by molar-refractivity contribution is 5.89. The molecule has 0 radical (unpaired) electrons. The summed E-state index contributed by atoms with van der Waals surface area (Å²) in [6.07, 6.45) is 0. The van der Waals surface area contributed by atoms with Gasteiger partial charge in [0.15, 0.2) is 0 Å². The van der Waals surface area contributed by atoms with Gasteiger partial charge in [0.05, 0.1) is 0 Å². The normalized spacial score (nSPS) is 15.3. The van der Waals surface area contributed by atoms with Crippen LogP contribution in [0, 0.1) is 6.92 Å². The van der Waals surface area contributed by atoms with E-state index >= 15 is 0 Å². The lowest BCUT2D eigenvalue weighted by Gasteiger charge is -2.34. The molecular formula is C14H19N3O2. The summed E-state index contributed by atoms with van der Waals surface area (Å²) in [5.41, 5.74) is 1.91. The van der Waals surface area contributed by atoms with Gasteiger partial charge >= 0.3 is 6.03 Å². The third-order valence-electron chi connectivity index (χ3n) is 3.28. The van der Waals surface area contributed by atoms with Crippen LogP contribution in [-0.4, -0.2) is 47.9 Å². The van der Waals surface area contributed by atoms with Crippen LogP contribution < -0.4 is 5.32 Å². The molecule has 1 heterocycles. The minimum atomic E-state index is -0.103. The molecular weight excluding hydrogens is 242 g/mol. The van der Waals surface area contributed by atoms with Gasteiger partial charge in [-0.2, -0.15) is 0 Å². The summed E-state index contributed by atoms with van der Waals surface area (Å²) in [7, 11) is 0. The molecule has 0 spiro atoms. The lowest BCUT2D eigenvalue weighted by atomic mass is 10.2. The summed E-state index contributed by atoms with van der Waals surface area (Å²) in [5.74, 6) is 0.0683. The summed E-state index contributed by atoms with van der Waals surface area (Å²) in [6, 6.07) is 7.61. The molecule has 1 fully saturated rings. The Kier molecular flexibility index (Phi) is 4.04.